The molecule has 2 aromatic carbocycles. The predicted molar refractivity (Wildman–Crippen MR) is 106 cm³/mol. The molecule has 1 fully saturated rings. The average Bonchev–Trinajstić information content (AvgIpc) is 3.00. The minimum atomic E-state index is -0.432. The van der Waals surface area contributed by atoms with Crippen LogP contribution in [-0.4, -0.2) is 43.5 Å². The molecule has 1 atom stereocenters. The smallest absolute Gasteiger partial charge is 0.407 e. The largest absolute Gasteiger partial charge is 0.442 e. The lowest BCUT2D eigenvalue weighted by Gasteiger charge is -2.22. The molecule has 1 N–H and O–H groups in total. The summed E-state index contributed by atoms with van der Waals surface area (Å²) in [6.07, 6.45) is -0.770. The summed E-state index contributed by atoms with van der Waals surface area (Å²) in [7, 11) is 0. The van der Waals surface area contributed by atoms with Gasteiger partial charge in [-0.2, -0.15) is 0 Å². The number of amides is 1. The molecule has 1 saturated heterocycles. The van der Waals surface area contributed by atoms with Gasteiger partial charge in [0.25, 0.3) is 0 Å². The Morgan fingerprint density at radius 3 is 2.89 bits per heavy atom. The second kappa shape index (κ2) is 8.37. The van der Waals surface area contributed by atoms with E-state index in [9.17, 15) is 4.79 Å². The highest BCUT2D eigenvalue weighted by Crippen LogP contribution is 2.29. The topological polar surface area (TPSA) is 63.7 Å². The highest BCUT2D eigenvalue weighted by atomic mass is 32.1. The quantitative estimate of drug-likeness (QED) is 0.748. The van der Waals surface area contributed by atoms with Crippen LogP contribution in [0.2, 0.25) is 0 Å². The van der Waals surface area contributed by atoms with Gasteiger partial charge in [-0.1, -0.05) is 53.8 Å². The van der Waals surface area contributed by atoms with Crippen LogP contribution < -0.4 is 10.2 Å². The van der Waals surface area contributed by atoms with Gasteiger partial charge in [0.2, 0.25) is 0 Å². The van der Waals surface area contributed by atoms with E-state index in [1.165, 1.54) is 0 Å². The lowest BCUT2D eigenvalue weighted by molar-refractivity contribution is 0.0380. The van der Waals surface area contributed by atoms with Gasteiger partial charge in [-0.25, -0.2) is 9.78 Å². The van der Waals surface area contributed by atoms with Crippen LogP contribution in [0.4, 0.5) is 9.93 Å². The summed E-state index contributed by atoms with van der Waals surface area (Å²) in [6, 6.07) is 17.8. The number of aromatic nitrogens is 1. The van der Waals surface area contributed by atoms with E-state index in [1.807, 2.05) is 48.5 Å². The number of benzene rings is 2. The fourth-order valence-corrected chi connectivity index (χ4v) is 3.98. The SMILES string of the molecule is O=C(NCc1ccccc1)O[C@H]1COCCN(c2nc3ccccc3s2)C1. The molecule has 27 heavy (non-hydrogen) atoms. The minimum Gasteiger partial charge on any atom is -0.442 e. The van der Waals surface area contributed by atoms with Crippen LogP contribution in [0.1, 0.15) is 5.56 Å². The molecule has 0 unspecified atom stereocenters. The summed E-state index contributed by atoms with van der Waals surface area (Å²) in [6.45, 7) is 2.71. The molecule has 0 aliphatic carbocycles. The first-order chi connectivity index (χ1) is 13.3. The third kappa shape index (κ3) is 4.56. The zero-order valence-electron chi connectivity index (χ0n) is 14.8. The molecular formula is C20H21N3O3S. The number of thiazole rings is 1. The van der Waals surface area contributed by atoms with Gasteiger partial charge in [-0.15, -0.1) is 0 Å². The van der Waals surface area contributed by atoms with E-state index in [4.69, 9.17) is 14.5 Å². The summed E-state index contributed by atoms with van der Waals surface area (Å²) in [5.74, 6) is 0. The van der Waals surface area contributed by atoms with E-state index in [0.717, 1.165) is 27.5 Å². The molecule has 0 bridgehead atoms. The Morgan fingerprint density at radius 2 is 2.04 bits per heavy atom. The number of nitrogens with zero attached hydrogens (tertiary/aromatic N) is 2. The lowest BCUT2D eigenvalue weighted by atomic mass is 10.2. The van der Waals surface area contributed by atoms with Crippen molar-refractivity contribution in [3.8, 4) is 0 Å². The maximum atomic E-state index is 12.2. The van der Waals surface area contributed by atoms with Crippen molar-refractivity contribution >= 4 is 32.8 Å². The molecule has 1 aromatic heterocycles. The number of carbonyl (C=O) groups is 1. The van der Waals surface area contributed by atoms with Crippen molar-refractivity contribution in [2.45, 2.75) is 12.6 Å². The van der Waals surface area contributed by atoms with Crippen molar-refractivity contribution in [2.24, 2.45) is 0 Å². The molecule has 0 spiro atoms. The van der Waals surface area contributed by atoms with E-state index in [2.05, 4.69) is 16.3 Å². The fraction of sp³-hybridized carbons (Fsp3) is 0.300. The maximum Gasteiger partial charge on any atom is 0.407 e. The van der Waals surface area contributed by atoms with Crippen molar-refractivity contribution in [1.29, 1.82) is 0 Å². The zero-order chi connectivity index (χ0) is 18.5. The Bertz CT molecular complexity index is 867. The number of anilines is 1. The zero-order valence-corrected chi connectivity index (χ0v) is 15.7. The first kappa shape index (κ1) is 17.8. The first-order valence-corrected chi connectivity index (χ1v) is 9.76. The highest BCUT2D eigenvalue weighted by Gasteiger charge is 2.24. The molecule has 4 rings (SSSR count). The molecule has 0 saturated carbocycles. The van der Waals surface area contributed by atoms with Crippen LogP contribution in [0, 0.1) is 0 Å². The summed E-state index contributed by atoms with van der Waals surface area (Å²) in [5, 5.41) is 3.73. The van der Waals surface area contributed by atoms with Crippen LogP contribution in [0.5, 0.6) is 0 Å². The van der Waals surface area contributed by atoms with Gasteiger partial charge in [0.15, 0.2) is 5.13 Å². The molecule has 6 nitrogen and oxygen atoms in total. The minimum absolute atomic E-state index is 0.338. The van der Waals surface area contributed by atoms with Gasteiger partial charge in [-0.05, 0) is 17.7 Å². The van der Waals surface area contributed by atoms with E-state index in [1.54, 1.807) is 11.3 Å². The van der Waals surface area contributed by atoms with E-state index >= 15 is 0 Å². The molecule has 1 aliphatic heterocycles. The van der Waals surface area contributed by atoms with Crippen LogP contribution >= 0.6 is 11.3 Å². The number of nitrogens with one attached hydrogen (secondary N) is 1. The molecule has 140 valence electrons. The summed E-state index contributed by atoms with van der Waals surface area (Å²) < 4.78 is 12.4. The number of alkyl carbamates (subject to hydrolysis) is 1. The summed E-state index contributed by atoms with van der Waals surface area (Å²) >= 11 is 1.64. The molecule has 3 aromatic rings. The Labute approximate surface area is 161 Å². The second-order valence-electron chi connectivity index (χ2n) is 6.35. The third-order valence-corrected chi connectivity index (χ3v) is 5.44. The molecule has 0 radical (unpaired) electrons. The van der Waals surface area contributed by atoms with Gasteiger partial charge in [0.05, 0.1) is 30.0 Å². The van der Waals surface area contributed by atoms with E-state index in [0.29, 0.717) is 26.3 Å². The number of rotatable bonds is 4. The van der Waals surface area contributed by atoms with Gasteiger partial charge >= 0.3 is 6.09 Å². The Morgan fingerprint density at radius 1 is 1.22 bits per heavy atom. The molecule has 1 amide bonds. The Balaban J connectivity index is 1.37. The molecule has 1 aliphatic rings. The van der Waals surface area contributed by atoms with Gasteiger partial charge in [0, 0.05) is 13.1 Å². The lowest BCUT2D eigenvalue weighted by Crippen LogP contribution is -2.38. The number of hydrogen-bond donors (Lipinski definition) is 1. The van der Waals surface area contributed by atoms with Crippen LogP contribution in [0.15, 0.2) is 54.6 Å². The number of hydrogen-bond acceptors (Lipinski definition) is 6. The van der Waals surface area contributed by atoms with Crippen LogP contribution in [0.25, 0.3) is 10.2 Å². The Kier molecular flexibility index (Phi) is 5.50. The number of para-hydroxylation sites is 1. The number of carbonyl (C=O) groups excluding carboxylic acids is 1. The van der Waals surface area contributed by atoms with Gasteiger partial charge in [0.1, 0.15) is 6.10 Å². The monoisotopic (exact) mass is 383 g/mol. The van der Waals surface area contributed by atoms with E-state index < -0.39 is 6.09 Å². The van der Waals surface area contributed by atoms with Crippen LogP contribution in [0.3, 0.4) is 0 Å². The van der Waals surface area contributed by atoms with Crippen molar-refractivity contribution in [3.05, 3.63) is 60.2 Å². The van der Waals surface area contributed by atoms with Crippen molar-refractivity contribution in [3.63, 3.8) is 0 Å². The number of ether oxygens (including phenoxy) is 2. The molecule has 2 heterocycles. The fourth-order valence-electron chi connectivity index (χ4n) is 2.98. The standard InChI is InChI=1S/C20H21N3O3S/c24-20(21-12-15-6-2-1-3-7-15)26-16-13-23(10-11-25-14-16)19-22-17-8-4-5-9-18(17)27-19/h1-9,16H,10-14H2,(H,21,24)/t16-/m1/s1. The average molecular weight is 383 g/mol. The summed E-state index contributed by atoms with van der Waals surface area (Å²) in [5.41, 5.74) is 2.02. The first-order valence-electron chi connectivity index (χ1n) is 8.94. The normalized spacial score (nSPS) is 17.5. The molecule has 7 heteroatoms. The maximum absolute atomic E-state index is 12.2. The van der Waals surface area contributed by atoms with Crippen molar-refractivity contribution < 1.29 is 14.3 Å². The number of fused-ring (bicyclic) bond motifs is 1. The summed E-state index contributed by atoms with van der Waals surface area (Å²) in [4.78, 5) is 19.0. The van der Waals surface area contributed by atoms with Gasteiger partial charge < -0.3 is 19.7 Å². The highest BCUT2D eigenvalue weighted by molar-refractivity contribution is 7.22. The third-order valence-electron chi connectivity index (χ3n) is 4.34. The predicted octanol–water partition coefficient (Wildman–Crippen LogP) is 3.43. The van der Waals surface area contributed by atoms with Crippen molar-refractivity contribution in [2.75, 3.05) is 31.2 Å². The van der Waals surface area contributed by atoms with E-state index in [-0.39, 0.29) is 6.10 Å². The van der Waals surface area contributed by atoms with Crippen LogP contribution in [-0.2, 0) is 16.0 Å². The Hall–Kier alpha value is -2.64. The van der Waals surface area contributed by atoms with Crippen molar-refractivity contribution in [1.82, 2.24) is 10.3 Å². The second-order valence-corrected chi connectivity index (χ2v) is 7.36. The van der Waals surface area contributed by atoms with Gasteiger partial charge in [-0.3, -0.25) is 0 Å². The molecular weight excluding hydrogens is 362 g/mol.